The summed E-state index contributed by atoms with van der Waals surface area (Å²) in [7, 11) is -2.10. The average Bonchev–Trinajstić information content (AvgIpc) is 2.70. The summed E-state index contributed by atoms with van der Waals surface area (Å²) in [5.74, 6) is 0.538. The maximum Gasteiger partial charge on any atom is 0.251 e. The van der Waals surface area contributed by atoms with E-state index in [0.717, 1.165) is 11.3 Å². The van der Waals surface area contributed by atoms with Gasteiger partial charge in [0, 0.05) is 12.1 Å². The molecule has 0 heterocycles. The van der Waals surface area contributed by atoms with Crippen LogP contribution in [0.4, 0.5) is 0 Å². The third-order valence-electron chi connectivity index (χ3n) is 4.25. The summed E-state index contributed by atoms with van der Waals surface area (Å²) in [5, 5.41) is 3.00. The van der Waals surface area contributed by atoms with Crippen molar-refractivity contribution in [3.63, 3.8) is 0 Å². The highest BCUT2D eigenvalue weighted by Gasteiger charge is 2.21. The second-order valence-electron chi connectivity index (χ2n) is 6.64. The van der Waals surface area contributed by atoms with Gasteiger partial charge in [0.05, 0.1) is 18.0 Å². The minimum atomic E-state index is -3.70. The van der Waals surface area contributed by atoms with Crippen LogP contribution in [0, 0.1) is 5.92 Å². The highest BCUT2D eigenvalue weighted by molar-refractivity contribution is 7.89. The molecule has 2 aromatic carbocycles. The first kappa shape index (κ1) is 21.7. The average molecular weight is 403 g/mol. The predicted molar refractivity (Wildman–Crippen MR) is 110 cm³/mol. The monoisotopic (exact) mass is 402 g/mol. The molecule has 7 heteroatoms. The summed E-state index contributed by atoms with van der Waals surface area (Å²) in [5.41, 5.74) is 1.22. The summed E-state index contributed by atoms with van der Waals surface area (Å²) < 4.78 is 32.1. The van der Waals surface area contributed by atoms with Crippen LogP contribution in [0.3, 0.4) is 0 Å². The fourth-order valence-corrected chi connectivity index (χ4v) is 3.77. The van der Waals surface area contributed by atoms with E-state index in [1.807, 2.05) is 38.1 Å². The molecule has 0 aromatic heterocycles. The number of hydrogen-bond acceptors (Lipinski definition) is 4. The lowest BCUT2D eigenvalue weighted by molar-refractivity contribution is 0.0925. The zero-order chi connectivity index (χ0) is 20.7. The molecule has 0 unspecified atom stereocenters. The zero-order valence-electron chi connectivity index (χ0n) is 16.3. The molecule has 28 heavy (non-hydrogen) atoms. The van der Waals surface area contributed by atoms with Crippen LogP contribution in [0.1, 0.15) is 35.8 Å². The van der Waals surface area contributed by atoms with Crippen molar-refractivity contribution in [2.24, 2.45) is 5.92 Å². The summed E-state index contributed by atoms with van der Waals surface area (Å²) in [6, 6.07) is 13.2. The molecule has 0 bridgehead atoms. The van der Waals surface area contributed by atoms with E-state index >= 15 is 0 Å². The lowest BCUT2D eigenvalue weighted by Gasteiger charge is -2.23. The molecular weight excluding hydrogens is 376 g/mol. The van der Waals surface area contributed by atoms with E-state index in [1.165, 1.54) is 18.2 Å². The molecular formula is C21H26N2O4S. The molecule has 6 nitrogen and oxygen atoms in total. The Labute approximate surface area is 166 Å². The van der Waals surface area contributed by atoms with Crippen molar-refractivity contribution in [3.05, 3.63) is 72.3 Å². The number of amides is 1. The van der Waals surface area contributed by atoms with Crippen LogP contribution in [0.25, 0.3) is 0 Å². The van der Waals surface area contributed by atoms with E-state index < -0.39 is 10.0 Å². The molecule has 0 fully saturated rings. The van der Waals surface area contributed by atoms with E-state index in [1.54, 1.807) is 19.2 Å². The van der Waals surface area contributed by atoms with E-state index in [0.29, 0.717) is 0 Å². The quantitative estimate of drug-likeness (QED) is 0.631. The maximum absolute atomic E-state index is 12.8. The molecule has 1 atom stereocenters. The number of sulfonamides is 1. The maximum atomic E-state index is 12.8. The van der Waals surface area contributed by atoms with Gasteiger partial charge in [0.1, 0.15) is 5.75 Å². The van der Waals surface area contributed by atoms with E-state index in [4.69, 9.17) is 4.74 Å². The smallest absolute Gasteiger partial charge is 0.251 e. The van der Waals surface area contributed by atoms with Crippen LogP contribution in [-0.2, 0) is 10.0 Å². The number of rotatable bonds is 9. The highest BCUT2D eigenvalue weighted by Crippen LogP contribution is 2.24. The van der Waals surface area contributed by atoms with Gasteiger partial charge in [-0.1, -0.05) is 38.1 Å². The highest BCUT2D eigenvalue weighted by atomic mass is 32.2. The van der Waals surface area contributed by atoms with Crippen LogP contribution in [0.15, 0.2) is 66.1 Å². The first-order valence-electron chi connectivity index (χ1n) is 8.94. The molecule has 0 radical (unpaired) electrons. The number of benzene rings is 2. The number of hydrogen-bond donors (Lipinski definition) is 2. The lowest BCUT2D eigenvalue weighted by atomic mass is 9.95. The SMILES string of the molecule is C=CCNS(=O)(=O)c1cccc(C(=O)N[C@H](c2ccc(OC)cc2)C(C)C)c1. The summed E-state index contributed by atoms with van der Waals surface area (Å²) in [6.07, 6.45) is 1.45. The summed E-state index contributed by atoms with van der Waals surface area (Å²) in [6.45, 7) is 7.63. The van der Waals surface area contributed by atoms with Crippen molar-refractivity contribution in [2.45, 2.75) is 24.8 Å². The molecule has 0 aliphatic carbocycles. The summed E-state index contributed by atoms with van der Waals surface area (Å²) >= 11 is 0. The van der Waals surface area contributed by atoms with Gasteiger partial charge in [-0.05, 0) is 41.8 Å². The Morgan fingerprint density at radius 3 is 2.43 bits per heavy atom. The molecule has 2 N–H and O–H groups in total. The number of methoxy groups -OCH3 is 1. The Morgan fingerprint density at radius 2 is 1.86 bits per heavy atom. The molecule has 2 aromatic rings. The normalized spacial score (nSPS) is 12.4. The second-order valence-corrected chi connectivity index (χ2v) is 8.40. The molecule has 0 spiro atoms. The Hall–Kier alpha value is -2.64. The van der Waals surface area contributed by atoms with Crippen LogP contribution in [0.5, 0.6) is 5.75 Å². The van der Waals surface area contributed by atoms with Crippen LogP contribution >= 0.6 is 0 Å². The number of carbonyl (C=O) groups excluding carboxylic acids is 1. The van der Waals surface area contributed by atoms with Gasteiger partial charge >= 0.3 is 0 Å². The second kappa shape index (κ2) is 9.52. The molecule has 150 valence electrons. The zero-order valence-corrected chi connectivity index (χ0v) is 17.1. The Morgan fingerprint density at radius 1 is 1.18 bits per heavy atom. The van der Waals surface area contributed by atoms with Crippen molar-refractivity contribution in [3.8, 4) is 5.75 Å². The van der Waals surface area contributed by atoms with Gasteiger partial charge in [0.25, 0.3) is 5.91 Å². The topological polar surface area (TPSA) is 84.5 Å². The number of ether oxygens (including phenoxy) is 1. The Bertz CT molecular complexity index is 922. The Kier molecular flexibility index (Phi) is 7.37. The van der Waals surface area contributed by atoms with Gasteiger partial charge in [-0.25, -0.2) is 13.1 Å². The van der Waals surface area contributed by atoms with Crippen molar-refractivity contribution >= 4 is 15.9 Å². The largest absolute Gasteiger partial charge is 0.497 e. The van der Waals surface area contributed by atoms with Crippen LogP contribution < -0.4 is 14.8 Å². The molecule has 0 aliphatic heterocycles. The van der Waals surface area contributed by atoms with Crippen molar-refractivity contribution < 1.29 is 17.9 Å². The van der Waals surface area contributed by atoms with Crippen LogP contribution in [0.2, 0.25) is 0 Å². The fourth-order valence-electron chi connectivity index (χ4n) is 2.73. The Balaban J connectivity index is 2.24. The van der Waals surface area contributed by atoms with Gasteiger partial charge in [0.15, 0.2) is 0 Å². The lowest BCUT2D eigenvalue weighted by Crippen LogP contribution is -2.32. The van der Waals surface area contributed by atoms with Gasteiger partial charge < -0.3 is 10.1 Å². The van der Waals surface area contributed by atoms with E-state index in [-0.39, 0.29) is 34.9 Å². The van der Waals surface area contributed by atoms with Gasteiger partial charge in [-0.15, -0.1) is 6.58 Å². The standard InChI is InChI=1S/C21H26N2O4S/c1-5-13-22-28(25,26)19-8-6-7-17(14-19)21(24)23-20(15(2)3)16-9-11-18(27-4)12-10-16/h5-12,14-15,20,22H,1,13H2,2-4H3,(H,23,24)/t20-/m0/s1. The predicted octanol–water partition coefficient (Wildman–Crippen LogP) is 3.29. The molecule has 0 saturated carbocycles. The van der Waals surface area contributed by atoms with Crippen molar-refractivity contribution in [1.82, 2.24) is 10.0 Å². The third kappa shape index (κ3) is 5.43. The molecule has 0 aliphatic rings. The molecule has 2 rings (SSSR count). The van der Waals surface area contributed by atoms with Crippen LogP contribution in [-0.4, -0.2) is 28.0 Å². The molecule has 0 saturated heterocycles. The minimum absolute atomic E-state index is 0.0348. The van der Waals surface area contributed by atoms with Gasteiger partial charge in [-0.2, -0.15) is 0 Å². The third-order valence-corrected chi connectivity index (χ3v) is 5.67. The number of nitrogens with one attached hydrogen (secondary N) is 2. The first-order chi connectivity index (χ1) is 13.3. The number of carbonyl (C=O) groups is 1. The fraction of sp³-hybridized carbons (Fsp3) is 0.286. The van der Waals surface area contributed by atoms with Crippen molar-refractivity contribution in [2.75, 3.05) is 13.7 Å². The van der Waals surface area contributed by atoms with E-state index in [9.17, 15) is 13.2 Å². The van der Waals surface area contributed by atoms with Gasteiger partial charge in [-0.3, -0.25) is 4.79 Å². The van der Waals surface area contributed by atoms with Gasteiger partial charge in [0.2, 0.25) is 10.0 Å². The minimum Gasteiger partial charge on any atom is -0.497 e. The summed E-state index contributed by atoms with van der Waals surface area (Å²) in [4.78, 5) is 12.8. The first-order valence-corrected chi connectivity index (χ1v) is 10.4. The molecule has 1 amide bonds. The van der Waals surface area contributed by atoms with E-state index in [2.05, 4.69) is 16.6 Å². The van der Waals surface area contributed by atoms with Crippen molar-refractivity contribution in [1.29, 1.82) is 0 Å².